The first kappa shape index (κ1) is 21.3. The SMILES string of the molecule is COc1ccc2nc(N(/N=C/c3ccc([N+](=O)[O-])cc3)C(=O)/C=C/c3cccs3)sc2c1. The number of benzene rings is 2. The lowest BCUT2D eigenvalue weighted by atomic mass is 10.2. The molecule has 0 N–H and O–H groups in total. The molecule has 4 aromatic rings. The molecule has 0 spiro atoms. The third kappa shape index (κ3) is 4.88. The third-order valence-electron chi connectivity index (χ3n) is 4.33. The summed E-state index contributed by atoms with van der Waals surface area (Å²) in [5.74, 6) is 0.320. The number of amides is 1. The second-order valence-corrected chi connectivity index (χ2v) is 8.41. The monoisotopic (exact) mass is 464 g/mol. The highest BCUT2D eigenvalue weighted by Crippen LogP contribution is 2.32. The zero-order valence-electron chi connectivity index (χ0n) is 16.7. The fraction of sp³-hybridized carbons (Fsp3) is 0.0455. The quantitative estimate of drug-likeness (QED) is 0.159. The first-order chi connectivity index (χ1) is 15.5. The summed E-state index contributed by atoms with van der Waals surface area (Å²) in [5.41, 5.74) is 1.31. The Morgan fingerprint density at radius 2 is 2.03 bits per heavy atom. The number of ether oxygens (including phenoxy) is 1. The molecule has 1 amide bonds. The topological polar surface area (TPSA) is 97.9 Å². The van der Waals surface area contributed by atoms with Crippen LogP contribution in [0.3, 0.4) is 0 Å². The molecule has 160 valence electrons. The van der Waals surface area contributed by atoms with Crippen molar-refractivity contribution in [3.8, 4) is 5.75 Å². The van der Waals surface area contributed by atoms with Crippen molar-refractivity contribution < 1.29 is 14.5 Å². The molecular weight excluding hydrogens is 448 g/mol. The molecule has 2 aromatic heterocycles. The zero-order chi connectivity index (χ0) is 22.5. The lowest BCUT2D eigenvalue weighted by molar-refractivity contribution is -0.384. The second-order valence-electron chi connectivity index (χ2n) is 6.42. The molecule has 0 aliphatic rings. The number of non-ortho nitro benzene ring substituents is 1. The molecule has 0 unspecified atom stereocenters. The van der Waals surface area contributed by atoms with Crippen LogP contribution in [0.15, 0.2) is 71.2 Å². The Balaban J connectivity index is 1.67. The molecule has 0 fully saturated rings. The van der Waals surface area contributed by atoms with E-state index in [0.29, 0.717) is 16.4 Å². The molecule has 4 rings (SSSR count). The van der Waals surface area contributed by atoms with Crippen LogP contribution in [0.1, 0.15) is 10.4 Å². The van der Waals surface area contributed by atoms with Crippen LogP contribution in [0.4, 0.5) is 10.8 Å². The number of hydrogen-bond acceptors (Lipinski definition) is 8. The number of nitro groups is 1. The Bertz CT molecular complexity index is 1310. The maximum absolute atomic E-state index is 13.0. The Morgan fingerprint density at radius 1 is 1.22 bits per heavy atom. The highest BCUT2D eigenvalue weighted by atomic mass is 32.1. The molecule has 2 heterocycles. The summed E-state index contributed by atoms with van der Waals surface area (Å²) in [5, 5.41) is 18.7. The number of fused-ring (bicyclic) bond motifs is 1. The highest BCUT2D eigenvalue weighted by molar-refractivity contribution is 7.22. The van der Waals surface area contributed by atoms with E-state index in [-0.39, 0.29) is 11.6 Å². The number of nitrogens with zero attached hydrogens (tertiary/aromatic N) is 4. The van der Waals surface area contributed by atoms with Gasteiger partial charge >= 0.3 is 0 Å². The van der Waals surface area contributed by atoms with Gasteiger partial charge in [0.25, 0.3) is 11.6 Å². The van der Waals surface area contributed by atoms with E-state index in [9.17, 15) is 14.9 Å². The smallest absolute Gasteiger partial charge is 0.273 e. The summed E-state index contributed by atoms with van der Waals surface area (Å²) < 4.78 is 6.11. The zero-order valence-corrected chi connectivity index (χ0v) is 18.4. The van der Waals surface area contributed by atoms with Crippen molar-refractivity contribution in [2.75, 3.05) is 12.1 Å². The molecule has 0 atom stereocenters. The minimum atomic E-state index is -0.471. The number of hydrazone groups is 1. The third-order valence-corrected chi connectivity index (χ3v) is 6.17. The number of hydrogen-bond donors (Lipinski definition) is 0. The van der Waals surface area contributed by atoms with Crippen LogP contribution in [0.25, 0.3) is 16.3 Å². The van der Waals surface area contributed by atoms with Crippen molar-refractivity contribution in [1.82, 2.24) is 4.98 Å². The molecule has 10 heteroatoms. The van der Waals surface area contributed by atoms with Gasteiger partial charge in [0.1, 0.15) is 5.75 Å². The van der Waals surface area contributed by atoms with Crippen LogP contribution in [0, 0.1) is 10.1 Å². The molecule has 0 saturated carbocycles. The normalized spacial score (nSPS) is 11.4. The summed E-state index contributed by atoms with van der Waals surface area (Å²) in [6, 6.07) is 15.2. The van der Waals surface area contributed by atoms with Gasteiger partial charge in [0.15, 0.2) is 0 Å². The minimum absolute atomic E-state index is 0.0194. The number of carbonyl (C=O) groups is 1. The number of thiazole rings is 1. The molecule has 0 saturated heterocycles. The molecule has 32 heavy (non-hydrogen) atoms. The van der Waals surface area contributed by atoms with Crippen molar-refractivity contribution in [1.29, 1.82) is 0 Å². The van der Waals surface area contributed by atoms with E-state index < -0.39 is 4.92 Å². The predicted molar refractivity (Wildman–Crippen MR) is 128 cm³/mol. The summed E-state index contributed by atoms with van der Waals surface area (Å²) in [6.45, 7) is 0. The van der Waals surface area contributed by atoms with Gasteiger partial charge in [-0.3, -0.25) is 14.9 Å². The van der Waals surface area contributed by atoms with Crippen molar-refractivity contribution in [2.45, 2.75) is 0 Å². The van der Waals surface area contributed by atoms with Gasteiger partial charge in [-0.05, 0) is 53.4 Å². The number of rotatable bonds is 7. The number of methoxy groups -OCH3 is 1. The van der Waals surface area contributed by atoms with E-state index in [1.54, 1.807) is 31.4 Å². The van der Waals surface area contributed by atoms with Gasteiger partial charge < -0.3 is 4.74 Å². The molecule has 8 nitrogen and oxygen atoms in total. The molecule has 0 aliphatic carbocycles. The molecule has 0 radical (unpaired) electrons. The number of anilines is 1. The van der Waals surface area contributed by atoms with Crippen molar-refractivity contribution >= 4 is 61.9 Å². The lowest BCUT2D eigenvalue weighted by Crippen LogP contribution is -2.23. The standard InChI is InChI=1S/C22H16N4O4S2/c1-30-17-8-10-19-20(13-17)32-22(24-19)25(21(27)11-9-18-3-2-12-31-18)23-14-15-4-6-16(7-5-15)26(28)29/h2-14H,1H3/b11-9+,23-14+. The van der Waals surface area contributed by atoms with E-state index in [0.717, 1.165) is 15.1 Å². The van der Waals surface area contributed by atoms with Crippen LogP contribution in [0.2, 0.25) is 0 Å². The molecule has 0 aliphatic heterocycles. The van der Waals surface area contributed by atoms with Crippen molar-refractivity contribution in [3.63, 3.8) is 0 Å². The molecule has 2 aromatic carbocycles. The van der Waals surface area contributed by atoms with Crippen LogP contribution in [-0.2, 0) is 4.79 Å². The maximum atomic E-state index is 13.0. The fourth-order valence-electron chi connectivity index (χ4n) is 2.73. The highest BCUT2D eigenvalue weighted by Gasteiger charge is 2.18. The fourth-order valence-corrected chi connectivity index (χ4v) is 4.30. The van der Waals surface area contributed by atoms with Gasteiger partial charge in [-0.15, -0.1) is 11.3 Å². The van der Waals surface area contributed by atoms with Gasteiger partial charge in [-0.25, -0.2) is 4.98 Å². The number of nitro benzene ring substituents is 1. The van der Waals surface area contributed by atoms with Crippen molar-refractivity contribution in [2.24, 2.45) is 5.10 Å². The Labute approximate surface area is 190 Å². The van der Waals surface area contributed by atoms with Crippen LogP contribution in [0.5, 0.6) is 5.75 Å². The summed E-state index contributed by atoms with van der Waals surface area (Å²) in [4.78, 5) is 28.8. The lowest BCUT2D eigenvalue weighted by Gasteiger charge is -2.11. The van der Waals surface area contributed by atoms with E-state index in [1.807, 2.05) is 29.6 Å². The van der Waals surface area contributed by atoms with E-state index in [4.69, 9.17) is 4.74 Å². The van der Waals surface area contributed by atoms with Gasteiger partial charge in [0, 0.05) is 23.1 Å². The minimum Gasteiger partial charge on any atom is -0.497 e. The average Bonchev–Trinajstić information content (AvgIpc) is 3.47. The maximum Gasteiger partial charge on any atom is 0.273 e. The van der Waals surface area contributed by atoms with Gasteiger partial charge in [0.05, 0.1) is 28.5 Å². The van der Waals surface area contributed by atoms with Crippen molar-refractivity contribution in [3.05, 3.63) is 86.6 Å². The van der Waals surface area contributed by atoms with Gasteiger partial charge in [0.2, 0.25) is 5.13 Å². The van der Waals surface area contributed by atoms with Gasteiger partial charge in [-0.2, -0.15) is 10.1 Å². The average molecular weight is 465 g/mol. The number of thiophene rings is 1. The molecular formula is C22H16N4O4S2. The van der Waals surface area contributed by atoms with Gasteiger partial charge in [-0.1, -0.05) is 17.4 Å². The Hall–Kier alpha value is -3.89. The first-order valence-corrected chi connectivity index (χ1v) is 11.0. The summed E-state index contributed by atoms with van der Waals surface area (Å²) in [7, 11) is 1.59. The van der Waals surface area contributed by atoms with Crippen LogP contribution < -0.4 is 9.75 Å². The summed E-state index contributed by atoms with van der Waals surface area (Å²) >= 11 is 2.82. The Morgan fingerprint density at radius 3 is 2.72 bits per heavy atom. The summed E-state index contributed by atoms with van der Waals surface area (Å²) in [6.07, 6.45) is 4.62. The number of carbonyl (C=O) groups excluding carboxylic acids is 1. The van der Waals surface area contributed by atoms with E-state index in [1.165, 1.54) is 52.1 Å². The molecule has 0 bridgehead atoms. The predicted octanol–water partition coefficient (Wildman–Crippen LogP) is 5.36. The second kappa shape index (κ2) is 9.50. The number of aromatic nitrogens is 1. The van der Waals surface area contributed by atoms with E-state index >= 15 is 0 Å². The first-order valence-electron chi connectivity index (χ1n) is 9.32. The van der Waals surface area contributed by atoms with E-state index in [2.05, 4.69) is 10.1 Å². The largest absolute Gasteiger partial charge is 0.497 e. The van der Waals surface area contributed by atoms with Crippen LogP contribution in [-0.4, -0.2) is 29.1 Å². The Kier molecular flexibility index (Phi) is 6.34. The van der Waals surface area contributed by atoms with Crippen LogP contribution >= 0.6 is 22.7 Å².